The third-order valence-electron chi connectivity index (χ3n) is 4.56. The maximum absolute atomic E-state index is 14.5. The smallest absolute Gasteiger partial charge is 0.223 e. The highest BCUT2D eigenvalue weighted by Crippen LogP contribution is 2.45. The van der Waals surface area contributed by atoms with Gasteiger partial charge in [-0.3, -0.25) is 4.79 Å². The molecule has 3 nitrogen and oxygen atoms in total. The van der Waals surface area contributed by atoms with Gasteiger partial charge in [0.15, 0.2) is 17.5 Å². The van der Waals surface area contributed by atoms with Gasteiger partial charge in [-0.25, -0.2) is 17.6 Å². The summed E-state index contributed by atoms with van der Waals surface area (Å²) in [5, 5.41) is -0.251. The summed E-state index contributed by atoms with van der Waals surface area (Å²) in [7, 11) is 0. The molecule has 116 valence electrons. The maximum atomic E-state index is 14.5. The van der Waals surface area contributed by atoms with Crippen molar-refractivity contribution in [1.82, 2.24) is 9.88 Å². The second kappa shape index (κ2) is 4.47. The Hall–Kier alpha value is -2.05. The van der Waals surface area contributed by atoms with Gasteiger partial charge in [-0.2, -0.15) is 0 Å². The first-order chi connectivity index (χ1) is 10.5. The number of nitrogens with zero attached hydrogens (tertiary/aromatic N) is 1. The number of rotatable bonds is 0. The summed E-state index contributed by atoms with van der Waals surface area (Å²) in [5.74, 6) is -4.47. The zero-order chi connectivity index (χ0) is 15.6. The minimum atomic E-state index is -1.62. The number of alkyl halides is 1. The molecule has 7 heteroatoms. The van der Waals surface area contributed by atoms with Crippen LogP contribution in [0.5, 0.6) is 0 Å². The monoisotopic (exact) mass is 312 g/mol. The van der Waals surface area contributed by atoms with Crippen LogP contribution in [0.1, 0.15) is 42.7 Å². The number of aromatic amines is 1. The van der Waals surface area contributed by atoms with Gasteiger partial charge in [0.25, 0.3) is 0 Å². The number of halogens is 4. The van der Waals surface area contributed by atoms with Crippen LogP contribution in [0.25, 0.3) is 10.9 Å². The predicted molar refractivity (Wildman–Crippen MR) is 70.3 cm³/mol. The largest absolute Gasteiger partial charge is 0.356 e. The van der Waals surface area contributed by atoms with Gasteiger partial charge < -0.3 is 9.88 Å². The molecule has 1 amide bonds. The fourth-order valence-electron chi connectivity index (χ4n) is 3.61. The lowest BCUT2D eigenvalue weighted by Gasteiger charge is -2.40. The maximum Gasteiger partial charge on any atom is 0.223 e. The Kier molecular flexibility index (Phi) is 2.76. The van der Waals surface area contributed by atoms with Crippen molar-refractivity contribution in [1.29, 1.82) is 0 Å². The Morgan fingerprint density at radius 3 is 2.77 bits per heavy atom. The Morgan fingerprint density at radius 1 is 1.23 bits per heavy atom. The standard InChI is InChI=1S/C15H12F4N2O/c16-6-4-8-12(14(19)13(6)18)11-7(17)5-21-9(15(11)20-8)2-1-3-10(21)22/h4,7,9,20H,1-3,5H2. The van der Waals surface area contributed by atoms with E-state index in [9.17, 15) is 22.4 Å². The molecule has 2 aliphatic rings. The lowest BCUT2D eigenvalue weighted by molar-refractivity contribution is -0.138. The highest BCUT2D eigenvalue weighted by Gasteiger charge is 2.41. The van der Waals surface area contributed by atoms with E-state index in [0.29, 0.717) is 25.0 Å². The van der Waals surface area contributed by atoms with E-state index in [1.807, 2.05) is 0 Å². The van der Waals surface area contributed by atoms with Gasteiger partial charge in [-0.05, 0) is 12.8 Å². The molecule has 1 saturated heterocycles. The van der Waals surface area contributed by atoms with Gasteiger partial charge >= 0.3 is 0 Å². The van der Waals surface area contributed by atoms with Crippen molar-refractivity contribution in [2.75, 3.05) is 6.54 Å². The average molecular weight is 312 g/mol. The van der Waals surface area contributed by atoms with Crippen LogP contribution in [-0.4, -0.2) is 22.3 Å². The molecule has 0 saturated carbocycles. The molecule has 2 atom stereocenters. The molecule has 1 fully saturated rings. The fourth-order valence-corrected chi connectivity index (χ4v) is 3.61. The van der Waals surface area contributed by atoms with Crippen LogP contribution in [0, 0.1) is 17.5 Å². The molecule has 0 aliphatic carbocycles. The van der Waals surface area contributed by atoms with Crippen molar-refractivity contribution in [2.24, 2.45) is 0 Å². The molecule has 2 unspecified atom stereocenters. The Bertz CT molecular complexity index is 801. The van der Waals surface area contributed by atoms with Gasteiger partial charge in [0, 0.05) is 29.1 Å². The van der Waals surface area contributed by atoms with E-state index in [2.05, 4.69) is 4.98 Å². The SMILES string of the molecule is O=C1CCCC2c3[nH]c4cc(F)c(F)c(F)c4c3C(F)CN12. The van der Waals surface area contributed by atoms with E-state index in [1.165, 1.54) is 4.90 Å². The van der Waals surface area contributed by atoms with Crippen molar-refractivity contribution in [3.63, 3.8) is 0 Å². The van der Waals surface area contributed by atoms with Gasteiger partial charge in [0.1, 0.15) is 6.17 Å². The van der Waals surface area contributed by atoms with Crippen molar-refractivity contribution >= 4 is 16.8 Å². The van der Waals surface area contributed by atoms with Crippen LogP contribution < -0.4 is 0 Å². The van der Waals surface area contributed by atoms with Crippen LogP contribution in [-0.2, 0) is 4.79 Å². The summed E-state index contributed by atoms with van der Waals surface area (Å²) >= 11 is 0. The molecule has 0 bridgehead atoms. The number of fused-ring (bicyclic) bond motifs is 5. The molecule has 4 rings (SSSR count). The van der Waals surface area contributed by atoms with E-state index in [0.717, 1.165) is 6.07 Å². The highest BCUT2D eigenvalue weighted by molar-refractivity contribution is 5.87. The third kappa shape index (κ3) is 1.65. The van der Waals surface area contributed by atoms with Gasteiger partial charge in [0.05, 0.1) is 18.1 Å². The lowest BCUT2D eigenvalue weighted by atomic mass is 9.89. The van der Waals surface area contributed by atoms with Crippen LogP contribution in [0.3, 0.4) is 0 Å². The van der Waals surface area contributed by atoms with Crippen LogP contribution in [0.2, 0.25) is 0 Å². The molecule has 1 aromatic heterocycles. The number of hydrogen-bond donors (Lipinski definition) is 1. The number of nitrogens with one attached hydrogen (secondary N) is 1. The van der Waals surface area contributed by atoms with Gasteiger partial charge in [-0.15, -0.1) is 0 Å². The van der Waals surface area contributed by atoms with Crippen molar-refractivity contribution in [3.05, 3.63) is 34.8 Å². The molecule has 1 N–H and O–H groups in total. The van der Waals surface area contributed by atoms with Crippen molar-refractivity contribution in [2.45, 2.75) is 31.5 Å². The first-order valence-corrected chi connectivity index (χ1v) is 7.11. The second-order valence-corrected chi connectivity index (χ2v) is 5.78. The number of carbonyl (C=O) groups is 1. The number of aromatic nitrogens is 1. The van der Waals surface area contributed by atoms with Crippen LogP contribution in [0.15, 0.2) is 6.07 Å². The quantitative estimate of drug-likeness (QED) is 0.585. The number of benzene rings is 1. The lowest BCUT2D eigenvalue weighted by Crippen LogP contribution is -2.43. The fraction of sp³-hybridized carbons (Fsp3) is 0.400. The molecule has 1 aromatic carbocycles. The van der Waals surface area contributed by atoms with E-state index < -0.39 is 23.6 Å². The van der Waals surface area contributed by atoms with Crippen molar-refractivity contribution < 1.29 is 22.4 Å². The van der Waals surface area contributed by atoms with E-state index in [4.69, 9.17) is 0 Å². The van der Waals surface area contributed by atoms with Crippen LogP contribution in [0.4, 0.5) is 17.6 Å². The Morgan fingerprint density at radius 2 is 2.00 bits per heavy atom. The third-order valence-corrected chi connectivity index (χ3v) is 4.56. The summed E-state index contributed by atoms with van der Waals surface area (Å²) in [5.41, 5.74) is 0.386. The molecular weight excluding hydrogens is 300 g/mol. The van der Waals surface area contributed by atoms with E-state index >= 15 is 0 Å². The second-order valence-electron chi connectivity index (χ2n) is 5.78. The Balaban J connectivity index is 2.00. The summed E-state index contributed by atoms with van der Waals surface area (Å²) in [6, 6.07) is 0.439. The minimum Gasteiger partial charge on any atom is -0.356 e. The molecule has 2 aliphatic heterocycles. The number of amides is 1. The zero-order valence-electron chi connectivity index (χ0n) is 11.4. The van der Waals surface area contributed by atoms with Gasteiger partial charge in [0.2, 0.25) is 5.91 Å². The summed E-state index contributed by atoms with van der Waals surface area (Å²) in [6.45, 7) is -0.179. The first-order valence-electron chi connectivity index (χ1n) is 7.11. The van der Waals surface area contributed by atoms with Gasteiger partial charge in [-0.1, -0.05) is 0 Å². The molecule has 2 aromatic rings. The Labute approximate surface area is 122 Å². The average Bonchev–Trinajstić information content (AvgIpc) is 2.86. The molecular formula is C15H12F4N2O. The number of hydrogen-bond acceptors (Lipinski definition) is 1. The topological polar surface area (TPSA) is 36.1 Å². The first kappa shape index (κ1) is 13.6. The summed E-state index contributed by atoms with van der Waals surface area (Å²) in [4.78, 5) is 16.1. The highest BCUT2D eigenvalue weighted by atomic mass is 19.2. The minimum absolute atomic E-state index is 0.0161. The predicted octanol–water partition coefficient (Wildman–Crippen LogP) is 3.66. The molecule has 22 heavy (non-hydrogen) atoms. The van der Waals surface area contributed by atoms with E-state index in [1.54, 1.807) is 0 Å². The van der Waals surface area contributed by atoms with Crippen molar-refractivity contribution in [3.8, 4) is 0 Å². The van der Waals surface area contributed by atoms with Crippen LogP contribution >= 0.6 is 0 Å². The zero-order valence-corrected chi connectivity index (χ0v) is 11.4. The normalized spacial score (nSPS) is 24.5. The molecule has 0 spiro atoms. The number of H-pyrrole nitrogens is 1. The number of piperidine rings is 1. The number of carbonyl (C=O) groups excluding carboxylic acids is 1. The molecule has 0 radical (unpaired) electrons. The van der Waals surface area contributed by atoms with E-state index in [-0.39, 0.29) is 35.0 Å². The summed E-state index contributed by atoms with van der Waals surface area (Å²) < 4.78 is 55.4. The molecule has 3 heterocycles. The summed E-state index contributed by atoms with van der Waals surface area (Å²) in [6.07, 6.45) is -0.000453.